The predicted molar refractivity (Wildman–Crippen MR) is 79.3 cm³/mol. The van der Waals surface area contributed by atoms with Crippen LogP contribution >= 0.6 is 0 Å². The molecule has 1 aliphatic rings. The van der Waals surface area contributed by atoms with Gasteiger partial charge >= 0.3 is 0 Å². The topological polar surface area (TPSA) is 74.2 Å². The molecule has 3 rings (SSSR count). The van der Waals surface area contributed by atoms with Gasteiger partial charge in [0.25, 0.3) is 0 Å². The zero-order valence-electron chi connectivity index (χ0n) is 12.3. The molecule has 2 N–H and O–H groups in total. The van der Waals surface area contributed by atoms with Crippen molar-refractivity contribution in [2.45, 2.75) is 37.5 Å². The summed E-state index contributed by atoms with van der Waals surface area (Å²) in [6, 6.07) is 7.91. The Labute approximate surface area is 124 Å². The van der Waals surface area contributed by atoms with Gasteiger partial charge in [0.2, 0.25) is 5.89 Å². The number of benzene rings is 1. The van der Waals surface area contributed by atoms with Crippen molar-refractivity contribution in [3.8, 4) is 5.75 Å². The maximum atomic E-state index is 5.96. The van der Waals surface area contributed by atoms with Gasteiger partial charge in [-0.1, -0.05) is 30.1 Å². The molecule has 0 saturated heterocycles. The summed E-state index contributed by atoms with van der Waals surface area (Å²) < 4.78 is 10.7. The fourth-order valence-electron chi connectivity index (χ4n) is 3.06. The Morgan fingerprint density at radius 2 is 2.14 bits per heavy atom. The van der Waals surface area contributed by atoms with Crippen LogP contribution in [0.5, 0.6) is 5.75 Å². The molecule has 0 radical (unpaired) electrons. The summed E-state index contributed by atoms with van der Waals surface area (Å²) in [5.74, 6) is 2.25. The van der Waals surface area contributed by atoms with Gasteiger partial charge < -0.3 is 15.0 Å². The zero-order chi connectivity index (χ0) is 14.7. The van der Waals surface area contributed by atoms with Crippen LogP contribution < -0.4 is 10.5 Å². The van der Waals surface area contributed by atoms with Gasteiger partial charge in [0.1, 0.15) is 5.75 Å². The van der Waals surface area contributed by atoms with Gasteiger partial charge in [-0.25, -0.2) is 0 Å². The monoisotopic (exact) mass is 287 g/mol. The van der Waals surface area contributed by atoms with Crippen LogP contribution in [0.2, 0.25) is 0 Å². The first kappa shape index (κ1) is 14.1. The quantitative estimate of drug-likeness (QED) is 0.914. The standard InChI is InChI=1S/C16H21N3O2/c1-20-13-6-4-5-12(9-13)10-14-18-15(21-19-14)16(11-17)7-2-3-8-16/h4-6,9H,2-3,7-8,10-11,17H2,1H3. The lowest BCUT2D eigenvalue weighted by atomic mass is 9.86. The molecular formula is C16H21N3O2. The summed E-state index contributed by atoms with van der Waals surface area (Å²) in [7, 11) is 1.66. The zero-order valence-corrected chi connectivity index (χ0v) is 12.3. The summed E-state index contributed by atoms with van der Waals surface area (Å²) in [6.45, 7) is 0.577. The molecule has 1 fully saturated rings. The molecule has 0 amide bonds. The lowest BCUT2D eigenvalue weighted by Gasteiger charge is -2.21. The van der Waals surface area contributed by atoms with E-state index in [1.54, 1.807) is 7.11 Å². The molecule has 1 heterocycles. The van der Waals surface area contributed by atoms with Gasteiger partial charge in [0.05, 0.1) is 12.5 Å². The minimum atomic E-state index is -0.0976. The minimum Gasteiger partial charge on any atom is -0.497 e. The van der Waals surface area contributed by atoms with Crippen molar-refractivity contribution in [3.05, 3.63) is 41.5 Å². The highest BCUT2D eigenvalue weighted by Crippen LogP contribution is 2.39. The van der Waals surface area contributed by atoms with E-state index in [1.807, 2.05) is 24.3 Å². The molecule has 1 aliphatic carbocycles. The molecule has 0 atom stereocenters. The number of hydrogen-bond acceptors (Lipinski definition) is 5. The first-order chi connectivity index (χ1) is 10.3. The van der Waals surface area contributed by atoms with Gasteiger partial charge in [-0.2, -0.15) is 4.98 Å². The van der Waals surface area contributed by atoms with Crippen LogP contribution in [0.25, 0.3) is 0 Å². The lowest BCUT2D eigenvalue weighted by Crippen LogP contribution is -2.32. The molecular weight excluding hydrogens is 266 g/mol. The Morgan fingerprint density at radius 1 is 1.33 bits per heavy atom. The van der Waals surface area contributed by atoms with E-state index in [1.165, 1.54) is 12.8 Å². The third-order valence-corrected chi connectivity index (χ3v) is 4.37. The number of rotatable bonds is 5. The fourth-order valence-corrected chi connectivity index (χ4v) is 3.06. The highest BCUT2D eigenvalue weighted by molar-refractivity contribution is 5.30. The lowest BCUT2D eigenvalue weighted by molar-refractivity contribution is 0.283. The highest BCUT2D eigenvalue weighted by atomic mass is 16.5. The minimum absolute atomic E-state index is 0.0976. The second-order valence-electron chi connectivity index (χ2n) is 5.74. The van der Waals surface area contributed by atoms with E-state index in [9.17, 15) is 0 Å². The Hall–Kier alpha value is -1.88. The molecule has 1 aromatic carbocycles. The first-order valence-electron chi connectivity index (χ1n) is 7.42. The molecule has 0 spiro atoms. The third-order valence-electron chi connectivity index (χ3n) is 4.37. The molecule has 112 valence electrons. The summed E-state index contributed by atoms with van der Waals surface area (Å²) in [5, 5.41) is 4.12. The summed E-state index contributed by atoms with van der Waals surface area (Å²) in [5.41, 5.74) is 6.97. The van der Waals surface area contributed by atoms with E-state index < -0.39 is 0 Å². The number of nitrogens with zero attached hydrogens (tertiary/aromatic N) is 2. The summed E-state index contributed by atoms with van der Waals surface area (Å²) in [6.07, 6.45) is 5.10. The normalized spacial score (nSPS) is 17.0. The van der Waals surface area contributed by atoms with Crippen molar-refractivity contribution >= 4 is 0 Å². The fraction of sp³-hybridized carbons (Fsp3) is 0.500. The van der Waals surface area contributed by atoms with Crippen LogP contribution in [0.15, 0.2) is 28.8 Å². The second kappa shape index (κ2) is 5.85. The number of ether oxygens (including phenoxy) is 1. The maximum Gasteiger partial charge on any atom is 0.234 e. The predicted octanol–water partition coefficient (Wildman–Crippen LogP) is 2.44. The van der Waals surface area contributed by atoms with Gasteiger partial charge in [0, 0.05) is 13.0 Å². The molecule has 0 unspecified atom stereocenters. The van der Waals surface area contributed by atoms with Gasteiger partial charge in [-0.05, 0) is 30.5 Å². The van der Waals surface area contributed by atoms with Crippen molar-refractivity contribution in [1.82, 2.24) is 10.1 Å². The van der Waals surface area contributed by atoms with Crippen molar-refractivity contribution in [3.63, 3.8) is 0 Å². The smallest absolute Gasteiger partial charge is 0.234 e. The number of nitrogens with two attached hydrogens (primary N) is 1. The summed E-state index contributed by atoms with van der Waals surface area (Å²) >= 11 is 0. The SMILES string of the molecule is COc1cccc(Cc2noc(C3(CN)CCCC3)n2)c1. The van der Waals surface area contributed by atoms with Crippen LogP contribution in [0, 0.1) is 0 Å². The molecule has 0 bridgehead atoms. The Kier molecular flexibility index (Phi) is 3.92. The average Bonchev–Trinajstić information content (AvgIpc) is 3.17. The number of hydrogen-bond donors (Lipinski definition) is 1. The number of methoxy groups -OCH3 is 1. The Bertz CT molecular complexity index is 603. The molecule has 0 aliphatic heterocycles. The van der Waals surface area contributed by atoms with Crippen molar-refractivity contribution in [2.75, 3.05) is 13.7 Å². The molecule has 2 aromatic rings. The van der Waals surface area contributed by atoms with Gasteiger partial charge in [-0.3, -0.25) is 0 Å². The maximum absolute atomic E-state index is 5.96. The van der Waals surface area contributed by atoms with Crippen LogP contribution in [-0.4, -0.2) is 23.8 Å². The Morgan fingerprint density at radius 3 is 2.86 bits per heavy atom. The van der Waals surface area contributed by atoms with Gasteiger partial charge in [0.15, 0.2) is 5.82 Å². The van der Waals surface area contributed by atoms with Crippen LogP contribution in [0.1, 0.15) is 43.0 Å². The van der Waals surface area contributed by atoms with E-state index in [-0.39, 0.29) is 5.41 Å². The molecule has 1 saturated carbocycles. The van der Waals surface area contributed by atoms with Crippen LogP contribution in [-0.2, 0) is 11.8 Å². The number of aromatic nitrogens is 2. The van der Waals surface area contributed by atoms with Crippen molar-refractivity contribution in [1.29, 1.82) is 0 Å². The van der Waals surface area contributed by atoms with E-state index in [2.05, 4.69) is 10.1 Å². The highest BCUT2D eigenvalue weighted by Gasteiger charge is 2.39. The van der Waals surface area contributed by atoms with E-state index in [4.69, 9.17) is 15.0 Å². The van der Waals surface area contributed by atoms with Crippen LogP contribution in [0.3, 0.4) is 0 Å². The van der Waals surface area contributed by atoms with Crippen LogP contribution in [0.4, 0.5) is 0 Å². The molecule has 5 heteroatoms. The molecule has 5 nitrogen and oxygen atoms in total. The third kappa shape index (κ3) is 2.78. The van der Waals surface area contributed by atoms with Crippen molar-refractivity contribution in [2.24, 2.45) is 5.73 Å². The van der Waals surface area contributed by atoms with E-state index in [0.29, 0.717) is 24.7 Å². The van der Waals surface area contributed by atoms with Gasteiger partial charge in [-0.15, -0.1) is 0 Å². The molecule has 1 aromatic heterocycles. The van der Waals surface area contributed by atoms with E-state index >= 15 is 0 Å². The average molecular weight is 287 g/mol. The summed E-state index contributed by atoms with van der Waals surface area (Å²) in [4.78, 5) is 4.59. The Balaban J connectivity index is 1.78. The first-order valence-corrected chi connectivity index (χ1v) is 7.42. The molecule has 21 heavy (non-hydrogen) atoms. The second-order valence-corrected chi connectivity index (χ2v) is 5.74. The van der Waals surface area contributed by atoms with Crippen molar-refractivity contribution < 1.29 is 9.26 Å². The van der Waals surface area contributed by atoms with E-state index in [0.717, 1.165) is 24.2 Å². The largest absolute Gasteiger partial charge is 0.497 e.